The van der Waals surface area contributed by atoms with E-state index in [0.717, 1.165) is 0 Å². The summed E-state index contributed by atoms with van der Waals surface area (Å²) in [5, 5.41) is 18.5. The van der Waals surface area contributed by atoms with Gasteiger partial charge in [-0.05, 0) is 51.8 Å². The van der Waals surface area contributed by atoms with Gasteiger partial charge >= 0.3 is 0 Å². The Morgan fingerprint density at radius 2 is 1.83 bits per heavy atom. The summed E-state index contributed by atoms with van der Waals surface area (Å²) in [4.78, 5) is -0.0618. The fourth-order valence-corrected chi connectivity index (χ4v) is 4.91. The van der Waals surface area contributed by atoms with Gasteiger partial charge in [-0.2, -0.15) is 4.31 Å². The molecule has 1 unspecified atom stereocenters. The van der Waals surface area contributed by atoms with Gasteiger partial charge in [-0.3, -0.25) is 0 Å². The fourth-order valence-electron chi connectivity index (χ4n) is 2.73. The van der Waals surface area contributed by atoms with Crippen LogP contribution in [-0.4, -0.2) is 47.7 Å². The largest absolute Gasteiger partial charge is 0.399 e. The van der Waals surface area contributed by atoms with Crippen molar-refractivity contribution >= 4 is 21.4 Å². The molecule has 0 aliphatic heterocycles. The van der Waals surface area contributed by atoms with E-state index in [0.29, 0.717) is 5.69 Å². The van der Waals surface area contributed by atoms with Gasteiger partial charge in [-0.25, -0.2) is 8.42 Å². The summed E-state index contributed by atoms with van der Waals surface area (Å²) >= 11 is 0. The predicted octanol–water partition coefficient (Wildman–Crippen LogP) is 0.774. The normalized spacial score (nSPS) is 14.2. The number of anilines is 2. The highest BCUT2D eigenvalue weighted by molar-refractivity contribution is 7.89. The highest BCUT2D eigenvalue weighted by Crippen LogP contribution is 2.33. The van der Waals surface area contributed by atoms with Gasteiger partial charge in [0.05, 0.1) is 5.69 Å². The average molecular weight is 345 g/mol. The lowest BCUT2D eigenvalue weighted by Crippen LogP contribution is -2.53. The molecule has 0 heterocycles. The maximum Gasteiger partial charge on any atom is 0.245 e. The van der Waals surface area contributed by atoms with Crippen molar-refractivity contribution in [3.63, 3.8) is 0 Å². The molecule has 0 bridgehead atoms. The van der Waals surface area contributed by atoms with E-state index in [9.17, 15) is 18.6 Å². The van der Waals surface area contributed by atoms with Crippen LogP contribution in [0.25, 0.3) is 0 Å². The van der Waals surface area contributed by atoms with Crippen LogP contribution in [0.4, 0.5) is 11.4 Å². The maximum atomic E-state index is 13.2. The summed E-state index contributed by atoms with van der Waals surface area (Å²) in [5.74, 6) is 0. The molecule has 132 valence electrons. The van der Waals surface area contributed by atoms with Gasteiger partial charge < -0.3 is 21.7 Å². The summed E-state index contributed by atoms with van der Waals surface area (Å²) in [5.41, 5.74) is 11.1. The van der Waals surface area contributed by atoms with Crippen molar-refractivity contribution in [2.75, 3.05) is 24.7 Å². The highest BCUT2D eigenvalue weighted by atomic mass is 32.2. The molecule has 0 radical (unpaired) electrons. The topological polar surface area (TPSA) is 130 Å². The van der Waals surface area contributed by atoms with Crippen LogP contribution in [0.3, 0.4) is 0 Å². The van der Waals surface area contributed by atoms with Crippen LogP contribution < -0.4 is 11.5 Å². The Morgan fingerprint density at radius 1 is 1.22 bits per heavy atom. The number of nitrogens with zero attached hydrogens (tertiary/aromatic N) is 1. The quantitative estimate of drug-likeness (QED) is 0.515. The molecule has 1 aromatic rings. The molecule has 0 saturated heterocycles. The van der Waals surface area contributed by atoms with Gasteiger partial charge in [0.2, 0.25) is 10.0 Å². The lowest BCUT2D eigenvalue weighted by atomic mass is 9.99. The number of sulfonamides is 1. The molecule has 23 heavy (non-hydrogen) atoms. The first-order valence-corrected chi connectivity index (χ1v) is 8.93. The summed E-state index contributed by atoms with van der Waals surface area (Å²) < 4.78 is 27.6. The second kappa shape index (κ2) is 7.48. The van der Waals surface area contributed by atoms with Gasteiger partial charge in [0.15, 0.2) is 0 Å². The van der Waals surface area contributed by atoms with Crippen LogP contribution in [0.1, 0.15) is 33.6 Å². The Balaban J connectivity index is 3.48. The maximum absolute atomic E-state index is 13.2. The molecule has 1 aromatic carbocycles. The molecule has 8 heteroatoms. The number of aliphatic hydroxyl groups excluding tert-OH is 2. The molecular weight excluding hydrogens is 318 g/mol. The second-order valence-electron chi connectivity index (χ2n) is 6.25. The lowest BCUT2D eigenvalue weighted by Gasteiger charge is -2.41. The van der Waals surface area contributed by atoms with Crippen molar-refractivity contribution in [2.45, 2.75) is 50.1 Å². The zero-order valence-electron chi connectivity index (χ0n) is 13.9. The van der Waals surface area contributed by atoms with Crippen LogP contribution in [0.2, 0.25) is 0 Å². The van der Waals surface area contributed by atoms with E-state index < -0.39 is 21.6 Å². The summed E-state index contributed by atoms with van der Waals surface area (Å²) in [6, 6.07) is 3.86. The Kier molecular flexibility index (Phi) is 6.41. The Labute approximate surface area is 138 Å². The van der Waals surface area contributed by atoms with Gasteiger partial charge in [-0.1, -0.05) is 0 Å². The van der Waals surface area contributed by atoms with E-state index >= 15 is 0 Å². The molecule has 0 fully saturated rings. The first-order valence-electron chi connectivity index (χ1n) is 7.49. The minimum absolute atomic E-state index is 0.0618. The average Bonchev–Trinajstić information content (AvgIpc) is 2.40. The molecule has 1 rings (SSSR count). The SMILES string of the molecule is CC(CCO)N(C(C)(C)CCO)S(=O)(=O)c1cc(N)ccc1N. The van der Waals surface area contributed by atoms with Gasteiger partial charge in [0.1, 0.15) is 4.90 Å². The van der Waals surface area contributed by atoms with Crippen LogP contribution >= 0.6 is 0 Å². The molecule has 1 atom stereocenters. The van der Waals surface area contributed by atoms with Crippen LogP contribution in [0, 0.1) is 0 Å². The molecule has 0 amide bonds. The van der Waals surface area contributed by atoms with Gasteiger partial charge in [0, 0.05) is 30.5 Å². The fraction of sp³-hybridized carbons (Fsp3) is 0.600. The Morgan fingerprint density at radius 3 is 2.35 bits per heavy atom. The number of hydrogen-bond acceptors (Lipinski definition) is 6. The van der Waals surface area contributed by atoms with E-state index in [1.165, 1.54) is 22.5 Å². The molecular formula is C15H27N3O4S. The number of nitrogen functional groups attached to an aromatic ring is 2. The monoisotopic (exact) mass is 345 g/mol. The van der Waals surface area contributed by atoms with Crippen molar-refractivity contribution in [1.29, 1.82) is 0 Å². The third-order valence-corrected chi connectivity index (χ3v) is 6.12. The summed E-state index contributed by atoms with van der Waals surface area (Å²) in [6.45, 7) is 4.88. The van der Waals surface area contributed by atoms with Crippen LogP contribution in [0.15, 0.2) is 23.1 Å². The van der Waals surface area contributed by atoms with Crippen molar-refractivity contribution in [3.05, 3.63) is 18.2 Å². The van der Waals surface area contributed by atoms with E-state index in [4.69, 9.17) is 11.5 Å². The number of rotatable bonds is 8. The molecule has 7 nitrogen and oxygen atoms in total. The zero-order chi connectivity index (χ0) is 17.8. The van der Waals surface area contributed by atoms with E-state index in [1.54, 1.807) is 20.8 Å². The highest BCUT2D eigenvalue weighted by Gasteiger charge is 2.40. The van der Waals surface area contributed by atoms with Crippen LogP contribution in [0.5, 0.6) is 0 Å². The Bertz CT molecular complexity index is 632. The van der Waals surface area contributed by atoms with Crippen molar-refractivity contribution < 1.29 is 18.6 Å². The molecule has 0 aliphatic rings. The molecule has 0 aromatic heterocycles. The number of hydrogen-bond donors (Lipinski definition) is 4. The van der Waals surface area contributed by atoms with Crippen molar-refractivity contribution in [2.24, 2.45) is 0 Å². The minimum Gasteiger partial charge on any atom is -0.399 e. The summed E-state index contributed by atoms with van der Waals surface area (Å²) in [7, 11) is -3.95. The van der Waals surface area contributed by atoms with Gasteiger partial charge in [0.25, 0.3) is 0 Å². The number of benzene rings is 1. The van der Waals surface area contributed by atoms with E-state index in [2.05, 4.69) is 0 Å². The number of nitrogens with two attached hydrogens (primary N) is 2. The van der Waals surface area contributed by atoms with Crippen molar-refractivity contribution in [3.8, 4) is 0 Å². The van der Waals surface area contributed by atoms with Gasteiger partial charge in [-0.15, -0.1) is 0 Å². The zero-order valence-corrected chi connectivity index (χ0v) is 14.7. The molecule has 0 spiro atoms. The van der Waals surface area contributed by atoms with Crippen LogP contribution in [-0.2, 0) is 10.0 Å². The second-order valence-corrected chi connectivity index (χ2v) is 8.03. The number of aliphatic hydroxyl groups is 2. The first kappa shape index (κ1) is 19.7. The minimum atomic E-state index is -3.95. The lowest BCUT2D eigenvalue weighted by molar-refractivity contribution is 0.122. The first-order chi connectivity index (χ1) is 10.6. The van der Waals surface area contributed by atoms with E-state index in [1.807, 2.05) is 0 Å². The molecule has 6 N–H and O–H groups in total. The molecule has 0 saturated carbocycles. The summed E-state index contributed by atoms with van der Waals surface area (Å²) in [6.07, 6.45) is 0.528. The smallest absolute Gasteiger partial charge is 0.245 e. The standard InChI is InChI=1S/C15H27N3O4S/c1-11(6-8-19)18(15(2,3)7-9-20)23(21,22)14-10-12(16)4-5-13(14)17/h4-5,10-11,19-20H,6-9,16-17H2,1-3H3. The Hall–Kier alpha value is -1.35. The van der Waals surface area contributed by atoms with E-state index in [-0.39, 0.29) is 36.6 Å². The van der Waals surface area contributed by atoms with Crippen molar-refractivity contribution in [1.82, 2.24) is 4.31 Å². The predicted molar refractivity (Wildman–Crippen MR) is 91.2 cm³/mol. The third-order valence-electron chi connectivity index (χ3n) is 3.84. The molecule has 0 aliphatic carbocycles. The third kappa shape index (κ3) is 4.35.